The highest BCUT2D eigenvalue weighted by Crippen LogP contribution is 2.32. The van der Waals surface area contributed by atoms with Crippen LogP contribution in [0.15, 0.2) is 36.5 Å². The first-order valence-corrected chi connectivity index (χ1v) is 9.13. The van der Waals surface area contributed by atoms with Crippen molar-refractivity contribution in [3.63, 3.8) is 0 Å². The Bertz CT molecular complexity index is 854. The third kappa shape index (κ3) is 5.20. The van der Waals surface area contributed by atoms with Crippen LogP contribution in [-0.2, 0) is 0 Å². The van der Waals surface area contributed by atoms with Crippen molar-refractivity contribution >= 4 is 17.5 Å². The number of aromatic nitrogens is 1. The molecule has 3 rings (SSSR count). The van der Waals surface area contributed by atoms with Gasteiger partial charge in [0.2, 0.25) is 0 Å². The number of hydrogen-bond donors (Lipinski definition) is 2. The van der Waals surface area contributed by atoms with Crippen molar-refractivity contribution in [3.8, 4) is 11.5 Å². The summed E-state index contributed by atoms with van der Waals surface area (Å²) in [5.74, 6) is 0.603. The summed E-state index contributed by atoms with van der Waals surface area (Å²) >= 11 is 0. The molecule has 1 aromatic heterocycles. The molecular formula is C20H24N4O4. The number of rotatable bonds is 7. The van der Waals surface area contributed by atoms with Gasteiger partial charge in [-0.05, 0) is 51.3 Å². The lowest BCUT2D eigenvalue weighted by Crippen LogP contribution is -2.27. The fraction of sp³-hybridized carbons (Fsp3) is 0.350. The van der Waals surface area contributed by atoms with Gasteiger partial charge in [0, 0.05) is 30.1 Å². The molecule has 0 radical (unpaired) electrons. The number of fused-ring (bicyclic) bond motifs is 1. The molecule has 28 heavy (non-hydrogen) atoms. The van der Waals surface area contributed by atoms with Gasteiger partial charge in [0.25, 0.3) is 11.8 Å². The van der Waals surface area contributed by atoms with E-state index >= 15 is 0 Å². The Balaban J connectivity index is 1.61. The minimum Gasteiger partial charge on any atom is -0.486 e. The molecule has 8 nitrogen and oxygen atoms in total. The van der Waals surface area contributed by atoms with E-state index in [1.54, 1.807) is 24.3 Å². The molecule has 1 aliphatic heterocycles. The first-order chi connectivity index (χ1) is 13.5. The zero-order chi connectivity index (χ0) is 19.9. The van der Waals surface area contributed by atoms with Crippen LogP contribution in [-0.4, -0.2) is 62.1 Å². The Morgan fingerprint density at radius 1 is 1.07 bits per heavy atom. The molecule has 1 aromatic carbocycles. The quantitative estimate of drug-likeness (QED) is 0.707. The Hall–Kier alpha value is -3.13. The van der Waals surface area contributed by atoms with Crippen molar-refractivity contribution in [1.29, 1.82) is 0 Å². The normalized spacial score (nSPS) is 12.5. The SMILES string of the molecule is CN(C)CCCNC(=O)c1ccnc(C(=O)Nc2ccc3c(c2)OCCO3)c1. The standard InChI is InChI=1S/C20H24N4O4/c1-24(2)9-3-7-22-19(25)14-6-8-21-16(12-14)20(26)23-15-4-5-17-18(13-15)28-11-10-27-17/h4-6,8,12-13H,3,7,9-11H2,1-2H3,(H,22,25)(H,23,26). The van der Waals surface area contributed by atoms with Crippen LogP contribution in [0.2, 0.25) is 0 Å². The number of benzene rings is 1. The summed E-state index contributed by atoms with van der Waals surface area (Å²) in [6, 6.07) is 8.24. The van der Waals surface area contributed by atoms with Crippen molar-refractivity contribution in [2.45, 2.75) is 6.42 Å². The van der Waals surface area contributed by atoms with E-state index in [0.717, 1.165) is 13.0 Å². The number of carbonyl (C=O) groups is 2. The second-order valence-electron chi connectivity index (χ2n) is 6.66. The van der Waals surface area contributed by atoms with E-state index in [1.165, 1.54) is 12.3 Å². The fourth-order valence-corrected chi connectivity index (χ4v) is 2.71. The van der Waals surface area contributed by atoms with E-state index in [0.29, 0.717) is 42.5 Å². The molecule has 0 aliphatic carbocycles. The summed E-state index contributed by atoms with van der Waals surface area (Å²) < 4.78 is 11.0. The maximum absolute atomic E-state index is 12.5. The number of amides is 2. The average molecular weight is 384 g/mol. The van der Waals surface area contributed by atoms with Crippen molar-refractivity contribution < 1.29 is 19.1 Å². The highest BCUT2D eigenvalue weighted by molar-refractivity contribution is 6.04. The topological polar surface area (TPSA) is 92.8 Å². The fourth-order valence-electron chi connectivity index (χ4n) is 2.71. The van der Waals surface area contributed by atoms with E-state index < -0.39 is 5.91 Å². The molecule has 148 valence electrons. The molecule has 0 saturated heterocycles. The van der Waals surface area contributed by atoms with E-state index in [1.807, 2.05) is 14.1 Å². The number of hydrogen-bond acceptors (Lipinski definition) is 6. The van der Waals surface area contributed by atoms with Crippen LogP contribution in [0.3, 0.4) is 0 Å². The van der Waals surface area contributed by atoms with E-state index in [2.05, 4.69) is 20.5 Å². The summed E-state index contributed by atoms with van der Waals surface area (Å²) in [6.45, 7) is 2.43. The third-order valence-corrected chi connectivity index (χ3v) is 4.12. The summed E-state index contributed by atoms with van der Waals surface area (Å²) in [5, 5.41) is 5.61. The van der Waals surface area contributed by atoms with Crippen LogP contribution in [0, 0.1) is 0 Å². The Kier molecular flexibility index (Phi) is 6.44. The number of carbonyl (C=O) groups excluding carboxylic acids is 2. The molecule has 0 fully saturated rings. The zero-order valence-corrected chi connectivity index (χ0v) is 16.0. The van der Waals surface area contributed by atoms with Gasteiger partial charge in [-0.25, -0.2) is 0 Å². The van der Waals surface area contributed by atoms with E-state index in [4.69, 9.17) is 9.47 Å². The van der Waals surface area contributed by atoms with Gasteiger partial charge in [-0.15, -0.1) is 0 Å². The van der Waals surface area contributed by atoms with Crippen molar-refractivity contribution in [2.24, 2.45) is 0 Å². The van der Waals surface area contributed by atoms with Gasteiger partial charge in [-0.2, -0.15) is 0 Å². The van der Waals surface area contributed by atoms with Crippen molar-refractivity contribution in [1.82, 2.24) is 15.2 Å². The number of pyridine rings is 1. The Labute approximate surface area is 163 Å². The molecule has 2 N–H and O–H groups in total. The molecule has 8 heteroatoms. The molecule has 0 atom stereocenters. The average Bonchev–Trinajstić information content (AvgIpc) is 2.71. The second kappa shape index (κ2) is 9.18. The third-order valence-electron chi connectivity index (χ3n) is 4.12. The molecule has 0 spiro atoms. The van der Waals surface area contributed by atoms with Gasteiger partial charge in [-0.3, -0.25) is 14.6 Å². The van der Waals surface area contributed by atoms with Crippen LogP contribution in [0.25, 0.3) is 0 Å². The van der Waals surface area contributed by atoms with Gasteiger partial charge in [0.1, 0.15) is 18.9 Å². The number of nitrogens with zero attached hydrogens (tertiary/aromatic N) is 2. The first kappa shape index (κ1) is 19.6. The summed E-state index contributed by atoms with van der Waals surface area (Å²) in [4.78, 5) is 30.9. The van der Waals surface area contributed by atoms with Crippen LogP contribution in [0.5, 0.6) is 11.5 Å². The van der Waals surface area contributed by atoms with Gasteiger partial charge in [0.05, 0.1) is 0 Å². The summed E-state index contributed by atoms with van der Waals surface area (Å²) in [5.41, 5.74) is 1.12. The van der Waals surface area contributed by atoms with E-state index in [9.17, 15) is 9.59 Å². The summed E-state index contributed by atoms with van der Waals surface area (Å²) in [7, 11) is 3.97. The minimum atomic E-state index is -0.404. The monoisotopic (exact) mass is 384 g/mol. The van der Waals surface area contributed by atoms with Gasteiger partial charge < -0.3 is 25.0 Å². The highest BCUT2D eigenvalue weighted by atomic mass is 16.6. The lowest BCUT2D eigenvalue weighted by atomic mass is 10.2. The smallest absolute Gasteiger partial charge is 0.274 e. The Morgan fingerprint density at radius 2 is 1.86 bits per heavy atom. The maximum Gasteiger partial charge on any atom is 0.274 e. The zero-order valence-electron chi connectivity index (χ0n) is 16.0. The molecule has 2 aromatic rings. The molecule has 0 saturated carbocycles. The van der Waals surface area contributed by atoms with Crippen molar-refractivity contribution in [3.05, 3.63) is 47.8 Å². The molecule has 2 amide bonds. The molecule has 2 heterocycles. The summed E-state index contributed by atoms with van der Waals surface area (Å²) in [6.07, 6.45) is 2.30. The molecule has 0 bridgehead atoms. The lowest BCUT2D eigenvalue weighted by molar-refractivity contribution is 0.0952. The molecule has 0 unspecified atom stereocenters. The second-order valence-corrected chi connectivity index (χ2v) is 6.66. The van der Waals surface area contributed by atoms with Crippen LogP contribution in [0.1, 0.15) is 27.3 Å². The number of ether oxygens (including phenoxy) is 2. The predicted octanol–water partition coefficient (Wildman–Crippen LogP) is 1.79. The Morgan fingerprint density at radius 3 is 2.64 bits per heavy atom. The first-order valence-electron chi connectivity index (χ1n) is 9.13. The van der Waals surface area contributed by atoms with Gasteiger partial charge in [-0.1, -0.05) is 0 Å². The largest absolute Gasteiger partial charge is 0.486 e. The van der Waals surface area contributed by atoms with E-state index in [-0.39, 0.29) is 11.6 Å². The lowest BCUT2D eigenvalue weighted by Gasteiger charge is -2.19. The molecular weight excluding hydrogens is 360 g/mol. The number of nitrogens with one attached hydrogen (secondary N) is 2. The van der Waals surface area contributed by atoms with Crippen LogP contribution >= 0.6 is 0 Å². The maximum atomic E-state index is 12.5. The predicted molar refractivity (Wildman–Crippen MR) is 105 cm³/mol. The molecule has 1 aliphatic rings. The van der Waals surface area contributed by atoms with Gasteiger partial charge in [0.15, 0.2) is 11.5 Å². The van der Waals surface area contributed by atoms with Crippen LogP contribution in [0.4, 0.5) is 5.69 Å². The van der Waals surface area contributed by atoms with Gasteiger partial charge >= 0.3 is 0 Å². The van der Waals surface area contributed by atoms with Crippen LogP contribution < -0.4 is 20.1 Å². The highest BCUT2D eigenvalue weighted by Gasteiger charge is 2.15. The minimum absolute atomic E-state index is 0.163. The number of anilines is 1. The van der Waals surface area contributed by atoms with Crippen molar-refractivity contribution in [2.75, 3.05) is 45.7 Å².